The third-order valence-electron chi connectivity index (χ3n) is 4.07. The zero-order valence-electron chi connectivity index (χ0n) is 12.0. The van der Waals surface area contributed by atoms with Crippen molar-refractivity contribution in [1.29, 1.82) is 0 Å². The van der Waals surface area contributed by atoms with Crippen LogP contribution in [0.4, 0.5) is 13.2 Å². The Labute approximate surface area is 121 Å². The van der Waals surface area contributed by atoms with Crippen molar-refractivity contribution in [3.8, 4) is 0 Å². The molecule has 0 radical (unpaired) electrons. The largest absolute Gasteiger partial charge is 0.450 e. The molecular formula is C16H17F3O2. The second-order valence-corrected chi connectivity index (χ2v) is 6.09. The van der Waals surface area contributed by atoms with Gasteiger partial charge in [0, 0.05) is 5.56 Å². The zero-order valence-corrected chi connectivity index (χ0v) is 12.0. The summed E-state index contributed by atoms with van der Waals surface area (Å²) in [6.45, 7) is 4.11. The number of hydrogen-bond donors (Lipinski definition) is 0. The number of fused-ring (bicyclic) bond motifs is 1. The monoisotopic (exact) mass is 298 g/mol. The Morgan fingerprint density at radius 2 is 1.90 bits per heavy atom. The first-order chi connectivity index (χ1) is 9.63. The molecular weight excluding hydrogens is 281 g/mol. The van der Waals surface area contributed by atoms with Gasteiger partial charge in [-0.05, 0) is 35.8 Å². The fourth-order valence-electron chi connectivity index (χ4n) is 2.93. The van der Waals surface area contributed by atoms with E-state index in [1.807, 2.05) is 6.07 Å². The third-order valence-corrected chi connectivity index (χ3v) is 4.07. The Morgan fingerprint density at radius 3 is 2.52 bits per heavy atom. The predicted octanol–water partition coefficient (Wildman–Crippen LogP) is 4.00. The summed E-state index contributed by atoms with van der Waals surface area (Å²) in [5.74, 6) is -2.73. The number of hydrogen-bond acceptors (Lipinski definition) is 2. The van der Waals surface area contributed by atoms with Crippen molar-refractivity contribution < 1.29 is 22.8 Å². The Balaban J connectivity index is 2.34. The van der Waals surface area contributed by atoms with Gasteiger partial charge >= 0.3 is 6.18 Å². The van der Waals surface area contributed by atoms with Crippen LogP contribution in [-0.4, -0.2) is 17.7 Å². The maximum Gasteiger partial charge on any atom is 0.450 e. The minimum absolute atomic E-state index is 0.0993. The number of carbonyl (C=O) groups is 2. The molecule has 1 aliphatic carbocycles. The molecule has 0 saturated carbocycles. The van der Waals surface area contributed by atoms with Gasteiger partial charge in [0.25, 0.3) is 0 Å². The fourth-order valence-corrected chi connectivity index (χ4v) is 2.93. The fraction of sp³-hybridized carbons (Fsp3) is 0.500. The van der Waals surface area contributed by atoms with E-state index in [-0.39, 0.29) is 11.0 Å². The summed E-state index contributed by atoms with van der Waals surface area (Å²) in [5.41, 5.74) is 1.96. The van der Waals surface area contributed by atoms with E-state index in [0.29, 0.717) is 6.42 Å². The normalized spacial score (nSPS) is 17.2. The quantitative estimate of drug-likeness (QED) is 0.624. The molecule has 1 aliphatic rings. The van der Waals surface area contributed by atoms with Gasteiger partial charge in [0.05, 0.1) is 6.42 Å². The van der Waals surface area contributed by atoms with E-state index in [0.717, 1.165) is 24.0 Å². The van der Waals surface area contributed by atoms with Crippen molar-refractivity contribution >= 4 is 11.6 Å². The van der Waals surface area contributed by atoms with E-state index in [1.54, 1.807) is 6.07 Å². The lowest BCUT2D eigenvalue weighted by molar-refractivity contribution is -0.170. The molecule has 1 aromatic carbocycles. The molecule has 0 atom stereocenters. The van der Waals surface area contributed by atoms with Gasteiger partial charge in [0.1, 0.15) is 0 Å². The summed E-state index contributed by atoms with van der Waals surface area (Å²) < 4.78 is 36.9. The van der Waals surface area contributed by atoms with Gasteiger partial charge in [-0.1, -0.05) is 32.0 Å². The smallest absolute Gasteiger partial charge is 0.294 e. The Kier molecular flexibility index (Phi) is 3.95. The van der Waals surface area contributed by atoms with E-state index in [2.05, 4.69) is 13.8 Å². The highest BCUT2D eigenvalue weighted by Gasteiger charge is 2.40. The number of halogens is 3. The molecule has 0 aromatic heterocycles. The van der Waals surface area contributed by atoms with Crippen molar-refractivity contribution in [3.05, 3.63) is 34.9 Å². The van der Waals surface area contributed by atoms with Crippen LogP contribution in [0, 0.1) is 0 Å². The van der Waals surface area contributed by atoms with E-state index >= 15 is 0 Å². The van der Waals surface area contributed by atoms with Gasteiger partial charge in [-0.3, -0.25) is 9.59 Å². The lowest BCUT2D eigenvalue weighted by Crippen LogP contribution is -2.28. The van der Waals surface area contributed by atoms with Crippen LogP contribution in [0.15, 0.2) is 18.2 Å². The van der Waals surface area contributed by atoms with Crippen molar-refractivity contribution in [2.45, 2.75) is 51.1 Å². The first-order valence-electron chi connectivity index (χ1n) is 6.88. The lowest BCUT2D eigenvalue weighted by Gasteiger charge is -2.33. The van der Waals surface area contributed by atoms with Crippen LogP contribution in [0.25, 0.3) is 0 Å². The molecule has 0 N–H and O–H groups in total. The standard InChI is InChI=1S/C16H17F3O2/c1-15(2)8-4-6-10-11(5-3-7-12(10)15)13(20)9-14(21)16(17,18)19/h3,5,7H,4,6,8-9H2,1-2H3. The van der Waals surface area contributed by atoms with Crippen LogP contribution >= 0.6 is 0 Å². The van der Waals surface area contributed by atoms with Gasteiger partial charge in [0.2, 0.25) is 5.78 Å². The van der Waals surface area contributed by atoms with Gasteiger partial charge in [0.15, 0.2) is 5.78 Å². The molecule has 0 unspecified atom stereocenters. The molecule has 0 aliphatic heterocycles. The van der Waals surface area contributed by atoms with Gasteiger partial charge in [-0.25, -0.2) is 0 Å². The van der Waals surface area contributed by atoms with E-state index in [1.165, 1.54) is 6.07 Å². The van der Waals surface area contributed by atoms with Crippen molar-refractivity contribution in [2.24, 2.45) is 0 Å². The zero-order chi connectivity index (χ0) is 15.8. The number of ketones is 2. The topological polar surface area (TPSA) is 34.1 Å². The lowest BCUT2D eigenvalue weighted by atomic mass is 9.71. The van der Waals surface area contributed by atoms with Crippen LogP contribution in [0.2, 0.25) is 0 Å². The molecule has 21 heavy (non-hydrogen) atoms. The van der Waals surface area contributed by atoms with E-state index < -0.39 is 24.2 Å². The Bertz CT molecular complexity index is 586. The van der Waals surface area contributed by atoms with Gasteiger partial charge in [-0.15, -0.1) is 0 Å². The van der Waals surface area contributed by atoms with Gasteiger partial charge < -0.3 is 0 Å². The summed E-state index contributed by atoms with van der Waals surface area (Å²) in [6.07, 6.45) is -3.54. The second-order valence-electron chi connectivity index (χ2n) is 6.09. The SMILES string of the molecule is CC1(C)CCCc2c(C(=O)CC(=O)C(F)(F)F)cccc21. The summed E-state index contributed by atoms with van der Waals surface area (Å²) in [4.78, 5) is 23.1. The van der Waals surface area contributed by atoms with E-state index in [9.17, 15) is 22.8 Å². The number of alkyl halides is 3. The summed E-state index contributed by atoms with van der Waals surface area (Å²) in [5, 5.41) is 0. The first kappa shape index (κ1) is 15.7. The summed E-state index contributed by atoms with van der Waals surface area (Å²) in [6, 6.07) is 5.11. The highest BCUT2D eigenvalue weighted by molar-refractivity contribution is 6.10. The minimum atomic E-state index is -4.95. The average molecular weight is 298 g/mol. The van der Waals surface area contributed by atoms with Crippen LogP contribution < -0.4 is 0 Å². The minimum Gasteiger partial charge on any atom is -0.294 e. The molecule has 1 aromatic rings. The number of Topliss-reactive ketones (excluding diaryl/α,β-unsaturated/α-hetero) is 2. The number of carbonyl (C=O) groups excluding carboxylic acids is 2. The van der Waals surface area contributed by atoms with Crippen LogP contribution in [0.5, 0.6) is 0 Å². The number of rotatable bonds is 3. The molecule has 0 spiro atoms. The number of benzene rings is 1. The first-order valence-corrected chi connectivity index (χ1v) is 6.88. The molecule has 2 nitrogen and oxygen atoms in total. The second kappa shape index (κ2) is 5.28. The van der Waals surface area contributed by atoms with Crippen LogP contribution in [0.3, 0.4) is 0 Å². The maximum atomic E-state index is 12.3. The van der Waals surface area contributed by atoms with Crippen molar-refractivity contribution in [1.82, 2.24) is 0 Å². The van der Waals surface area contributed by atoms with Crippen molar-refractivity contribution in [3.63, 3.8) is 0 Å². The summed E-state index contributed by atoms with van der Waals surface area (Å²) in [7, 11) is 0. The molecule has 2 rings (SSSR count). The highest BCUT2D eigenvalue weighted by Crippen LogP contribution is 2.38. The van der Waals surface area contributed by atoms with Crippen LogP contribution in [-0.2, 0) is 16.6 Å². The predicted molar refractivity (Wildman–Crippen MR) is 72.4 cm³/mol. The molecule has 0 fully saturated rings. The molecule has 0 heterocycles. The van der Waals surface area contributed by atoms with Crippen molar-refractivity contribution in [2.75, 3.05) is 0 Å². The average Bonchev–Trinajstić information content (AvgIpc) is 2.36. The molecule has 0 saturated heterocycles. The molecule has 114 valence electrons. The Morgan fingerprint density at radius 1 is 1.24 bits per heavy atom. The Hall–Kier alpha value is -1.65. The van der Waals surface area contributed by atoms with E-state index in [4.69, 9.17) is 0 Å². The maximum absolute atomic E-state index is 12.3. The highest BCUT2D eigenvalue weighted by atomic mass is 19.4. The third kappa shape index (κ3) is 3.17. The molecule has 0 bridgehead atoms. The molecule has 5 heteroatoms. The summed E-state index contributed by atoms with van der Waals surface area (Å²) >= 11 is 0. The van der Waals surface area contributed by atoms with Crippen LogP contribution in [0.1, 0.15) is 54.6 Å². The molecule has 0 amide bonds. The van der Waals surface area contributed by atoms with Gasteiger partial charge in [-0.2, -0.15) is 13.2 Å².